The number of benzene rings is 1. The second kappa shape index (κ2) is 6.19. The van der Waals surface area contributed by atoms with Gasteiger partial charge in [-0.25, -0.2) is 0 Å². The Bertz CT molecular complexity index is 597. The summed E-state index contributed by atoms with van der Waals surface area (Å²) in [5.74, 6) is 0.161. The van der Waals surface area contributed by atoms with Crippen LogP contribution >= 0.6 is 0 Å². The molecule has 2 aromatic rings. The lowest BCUT2D eigenvalue weighted by molar-refractivity contribution is 0.102. The van der Waals surface area contributed by atoms with Crippen LogP contribution in [0.4, 0.5) is 5.69 Å². The fourth-order valence-electron chi connectivity index (χ4n) is 1.89. The molecule has 0 saturated heterocycles. The van der Waals surface area contributed by atoms with Crippen LogP contribution in [-0.4, -0.2) is 16.0 Å². The zero-order valence-corrected chi connectivity index (χ0v) is 11.6. The van der Waals surface area contributed by atoms with Crippen LogP contribution in [0, 0.1) is 0 Å². The molecule has 1 heterocycles. The monoisotopic (exact) mass is 270 g/mol. The van der Waals surface area contributed by atoms with Crippen molar-refractivity contribution in [3.8, 4) is 5.75 Å². The van der Waals surface area contributed by atoms with Crippen LogP contribution in [0.2, 0.25) is 0 Å². The quantitative estimate of drug-likeness (QED) is 0.835. The third-order valence-corrected chi connectivity index (χ3v) is 3.37. The van der Waals surface area contributed by atoms with E-state index in [1.165, 1.54) is 6.20 Å². The maximum absolute atomic E-state index is 12.1. The molecule has 0 bridgehead atoms. The molecule has 0 fully saturated rings. The molecule has 2 N–H and O–H groups in total. The van der Waals surface area contributed by atoms with Gasteiger partial charge < -0.3 is 10.4 Å². The molecule has 1 atom stereocenters. The van der Waals surface area contributed by atoms with E-state index in [2.05, 4.69) is 24.1 Å². The van der Waals surface area contributed by atoms with Gasteiger partial charge in [-0.1, -0.05) is 19.9 Å². The Hall–Kier alpha value is -2.36. The Balaban J connectivity index is 2.22. The van der Waals surface area contributed by atoms with Gasteiger partial charge >= 0.3 is 0 Å². The molecule has 0 aliphatic heterocycles. The predicted molar refractivity (Wildman–Crippen MR) is 79.0 cm³/mol. The van der Waals surface area contributed by atoms with Crippen LogP contribution in [0.1, 0.15) is 42.1 Å². The number of rotatable bonds is 4. The number of phenols is 1. The van der Waals surface area contributed by atoms with Crippen molar-refractivity contribution in [1.29, 1.82) is 0 Å². The highest BCUT2D eigenvalue weighted by molar-refractivity contribution is 6.04. The Morgan fingerprint density at radius 3 is 2.85 bits per heavy atom. The van der Waals surface area contributed by atoms with Gasteiger partial charge in [-0.2, -0.15) is 0 Å². The van der Waals surface area contributed by atoms with Crippen LogP contribution < -0.4 is 5.32 Å². The smallest absolute Gasteiger partial charge is 0.257 e. The lowest BCUT2D eigenvalue weighted by Gasteiger charge is -2.13. The summed E-state index contributed by atoms with van der Waals surface area (Å²) in [5, 5.41) is 12.6. The topological polar surface area (TPSA) is 62.2 Å². The first kappa shape index (κ1) is 14.1. The molecule has 0 saturated carbocycles. The first-order valence-electron chi connectivity index (χ1n) is 6.66. The van der Waals surface area contributed by atoms with E-state index in [9.17, 15) is 9.90 Å². The Labute approximate surface area is 118 Å². The average molecular weight is 270 g/mol. The molecule has 0 aliphatic carbocycles. The highest BCUT2D eigenvalue weighted by Crippen LogP contribution is 2.29. The van der Waals surface area contributed by atoms with E-state index in [0.29, 0.717) is 17.2 Å². The van der Waals surface area contributed by atoms with Crippen LogP contribution in [0.3, 0.4) is 0 Å². The number of carbonyl (C=O) groups is 1. The normalized spacial score (nSPS) is 11.9. The molecule has 1 amide bonds. The molecule has 0 spiro atoms. The number of amides is 1. The number of nitrogens with zero attached hydrogens (tertiary/aromatic N) is 1. The van der Waals surface area contributed by atoms with Gasteiger partial charge in [-0.15, -0.1) is 0 Å². The molecule has 1 aromatic carbocycles. The number of nitrogens with one attached hydrogen (secondary N) is 1. The van der Waals surface area contributed by atoms with Crippen molar-refractivity contribution >= 4 is 11.6 Å². The van der Waals surface area contributed by atoms with Gasteiger partial charge in [0.25, 0.3) is 5.91 Å². The number of pyridine rings is 1. The fraction of sp³-hybridized carbons (Fsp3) is 0.250. The van der Waals surface area contributed by atoms with Crippen LogP contribution in [0.25, 0.3) is 0 Å². The summed E-state index contributed by atoms with van der Waals surface area (Å²) < 4.78 is 0. The van der Waals surface area contributed by atoms with Crippen molar-refractivity contribution < 1.29 is 9.90 Å². The minimum atomic E-state index is -0.283. The predicted octanol–water partition coefficient (Wildman–Crippen LogP) is 3.55. The summed E-state index contributed by atoms with van der Waals surface area (Å²) >= 11 is 0. The number of aromatic nitrogens is 1. The number of hydrogen-bond acceptors (Lipinski definition) is 3. The van der Waals surface area contributed by atoms with Crippen molar-refractivity contribution in [1.82, 2.24) is 4.98 Å². The zero-order chi connectivity index (χ0) is 14.5. The van der Waals surface area contributed by atoms with Crippen molar-refractivity contribution in [3.05, 3.63) is 53.9 Å². The van der Waals surface area contributed by atoms with E-state index < -0.39 is 0 Å². The summed E-state index contributed by atoms with van der Waals surface area (Å²) in [6.07, 6.45) is 4.10. The average Bonchev–Trinajstić information content (AvgIpc) is 2.49. The summed E-state index contributed by atoms with van der Waals surface area (Å²) in [5.41, 5.74) is 1.98. The molecule has 4 heteroatoms. The van der Waals surface area contributed by atoms with Gasteiger partial charge in [-0.05, 0) is 42.2 Å². The number of phenolic OH excluding ortho intramolecular Hbond substituents is 1. The van der Waals surface area contributed by atoms with Gasteiger partial charge in [-0.3, -0.25) is 9.78 Å². The first-order valence-corrected chi connectivity index (χ1v) is 6.66. The summed E-state index contributed by atoms with van der Waals surface area (Å²) in [4.78, 5) is 16.0. The number of aromatic hydroxyl groups is 1. The fourth-order valence-corrected chi connectivity index (χ4v) is 1.89. The summed E-state index contributed by atoms with van der Waals surface area (Å²) in [7, 11) is 0. The number of carbonyl (C=O) groups excluding carboxylic acids is 1. The van der Waals surface area contributed by atoms with Gasteiger partial charge in [0.1, 0.15) is 5.75 Å². The molecule has 2 rings (SSSR count). The molecular formula is C16H18N2O2. The second-order valence-electron chi connectivity index (χ2n) is 4.78. The van der Waals surface area contributed by atoms with Gasteiger partial charge in [0.05, 0.1) is 11.3 Å². The second-order valence-corrected chi connectivity index (χ2v) is 4.78. The highest BCUT2D eigenvalue weighted by Gasteiger charge is 2.11. The number of anilines is 1. The van der Waals surface area contributed by atoms with Crippen molar-refractivity contribution in [2.24, 2.45) is 0 Å². The third-order valence-electron chi connectivity index (χ3n) is 3.37. The molecule has 1 aromatic heterocycles. The largest absolute Gasteiger partial charge is 0.506 e. The lowest BCUT2D eigenvalue weighted by atomic mass is 9.98. The molecule has 104 valence electrons. The molecule has 0 aliphatic rings. The summed E-state index contributed by atoms with van der Waals surface area (Å²) in [6.45, 7) is 4.21. The highest BCUT2D eigenvalue weighted by atomic mass is 16.3. The maximum Gasteiger partial charge on any atom is 0.257 e. The van der Waals surface area contributed by atoms with Gasteiger partial charge in [0.2, 0.25) is 0 Å². The van der Waals surface area contributed by atoms with E-state index in [-0.39, 0.29) is 11.7 Å². The van der Waals surface area contributed by atoms with Crippen LogP contribution in [0.5, 0.6) is 5.75 Å². The minimum Gasteiger partial charge on any atom is -0.506 e. The van der Waals surface area contributed by atoms with E-state index in [1.807, 2.05) is 12.1 Å². The minimum absolute atomic E-state index is 0.0642. The molecule has 20 heavy (non-hydrogen) atoms. The Morgan fingerprint density at radius 2 is 2.20 bits per heavy atom. The SMILES string of the molecule is CC[C@H](C)c1ccc(O)c(NC(=O)c2cccnc2)c1. The third kappa shape index (κ3) is 3.15. The molecule has 0 unspecified atom stereocenters. The maximum atomic E-state index is 12.1. The molecular weight excluding hydrogens is 252 g/mol. The Kier molecular flexibility index (Phi) is 4.35. The van der Waals surface area contributed by atoms with Crippen molar-refractivity contribution in [3.63, 3.8) is 0 Å². The van der Waals surface area contributed by atoms with Crippen molar-refractivity contribution in [2.75, 3.05) is 5.32 Å². The van der Waals surface area contributed by atoms with Gasteiger partial charge in [0, 0.05) is 12.4 Å². The number of hydrogen-bond donors (Lipinski definition) is 2. The standard InChI is InChI=1S/C16H18N2O2/c1-3-11(2)12-6-7-15(19)14(9-12)18-16(20)13-5-4-8-17-10-13/h4-11,19H,3H2,1-2H3,(H,18,20)/t11-/m0/s1. The molecule has 4 nitrogen and oxygen atoms in total. The molecule has 0 radical (unpaired) electrons. The lowest BCUT2D eigenvalue weighted by Crippen LogP contribution is -2.12. The van der Waals surface area contributed by atoms with Crippen LogP contribution in [0.15, 0.2) is 42.7 Å². The van der Waals surface area contributed by atoms with E-state index in [1.54, 1.807) is 24.4 Å². The zero-order valence-electron chi connectivity index (χ0n) is 11.6. The van der Waals surface area contributed by atoms with E-state index >= 15 is 0 Å². The van der Waals surface area contributed by atoms with E-state index in [0.717, 1.165) is 12.0 Å². The Morgan fingerprint density at radius 1 is 1.40 bits per heavy atom. The summed E-state index contributed by atoms with van der Waals surface area (Å²) in [6, 6.07) is 8.68. The van der Waals surface area contributed by atoms with Crippen LogP contribution in [-0.2, 0) is 0 Å². The van der Waals surface area contributed by atoms with Crippen molar-refractivity contribution in [2.45, 2.75) is 26.2 Å². The van der Waals surface area contributed by atoms with E-state index in [4.69, 9.17) is 0 Å². The first-order chi connectivity index (χ1) is 9.61. The van der Waals surface area contributed by atoms with Gasteiger partial charge in [0.15, 0.2) is 0 Å².